The number of benzene rings is 2. The normalized spacial score (nSPS) is 10.9. The predicted molar refractivity (Wildman–Crippen MR) is 117 cm³/mol. The van der Waals surface area contributed by atoms with Crippen LogP contribution in [0.25, 0.3) is 0 Å². The zero-order valence-electron chi connectivity index (χ0n) is 17.4. The largest absolute Gasteiger partial charge is 0.486 e. The maximum Gasteiger partial charge on any atom is 0.293 e. The van der Waals surface area contributed by atoms with Gasteiger partial charge in [0.1, 0.15) is 30.3 Å². The van der Waals surface area contributed by atoms with Crippen molar-refractivity contribution in [3.8, 4) is 5.75 Å². The summed E-state index contributed by atoms with van der Waals surface area (Å²) in [4.78, 5) is 16.5. The summed E-state index contributed by atoms with van der Waals surface area (Å²) >= 11 is 6.04. The Balaban J connectivity index is 1.34. The fourth-order valence-electron chi connectivity index (χ4n) is 2.95. The van der Waals surface area contributed by atoms with Gasteiger partial charge in [0.15, 0.2) is 5.76 Å². The van der Waals surface area contributed by atoms with E-state index in [1.807, 2.05) is 32.0 Å². The maximum absolute atomic E-state index is 13.2. The second-order valence-corrected chi connectivity index (χ2v) is 7.66. The highest BCUT2D eigenvalue weighted by atomic mass is 35.5. The van der Waals surface area contributed by atoms with Crippen molar-refractivity contribution in [3.05, 3.63) is 93.9 Å². The first-order chi connectivity index (χ1) is 15.4. The number of furan rings is 1. The summed E-state index contributed by atoms with van der Waals surface area (Å²) in [6, 6.07) is 13.2. The Hall–Kier alpha value is -3.65. The van der Waals surface area contributed by atoms with Gasteiger partial charge in [-0.2, -0.15) is 0 Å². The van der Waals surface area contributed by atoms with Gasteiger partial charge in [0.2, 0.25) is 5.95 Å². The molecular formula is C23H20ClFN4O3. The van der Waals surface area contributed by atoms with Gasteiger partial charge in [-0.05, 0) is 66.9 Å². The second-order valence-electron chi connectivity index (χ2n) is 7.26. The number of nitrogens with zero attached hydrogens (tertiary/aromatic N) is 3. The molecule has 0 bridgehead atoms. The molecule has 2 aromatic carbocycles. The van der Waals surface area contributed by atoms with Crippen LogP contribution in [0.5, 0.6) is 5.75 Å². The van der Waals surface area contributed by atoms with Gasteiger partial charge in [0.25, 0.3) is 5.91 Å². The molecule has 0 atom stereocenters. The number of carbonyl (C=O) groups excluding carboxylic acids is 1. The van der Waals surface area contributed by atoms with Crippen LogP contribution < -0.4 is 10.1 Å². The van der Waals surface area contributed by atoms with Crippen LogP contribution in [0.15, 0.2) is 59.3 Å². The number of amides is 1. The van der Waals surface area contributed by atoms with Crippen molar-refractivity contribution in [2.45, 2.75) is 27.0 Å². The summed E-state index contributed by atoms with van der Waals surface area (Å²) in [6.45, 7) is 4.53. The van der Waals surface area contributed by atoms with Gasteiger partial charge in [0, 0.05) is 5.02 Å². The van der Waals surface area contributed by atoms with E-state index in [4.69, 9.17) is 20.8 Å². The molecule has 1 N–H and O–H groups in total. The SMILES string of the molecule is Cc1ccc(OCc2ccc(C(=O)Nc3ncn(Cc4ccc(F)cc4Cl)n3)o2)cc1C. The van der Waals surface area contributed by atoms with Crippen LogP contribution in [-0.2, 0) is 13.2 Å². The van der Waals surface area contributed by atoms with Crippen molar-refractivity contribution >= 4 is 23.5 Å². The third kappa shape index (κ3) is 5.15. The monoisotopic (exact) mass is 454 g/mol. The fraction of sp³-hybridized carbons (Fsp3) is 0.174. The van der Waals surface area contributed by atoms with E-state index in [1.165, 1.54) is 28.7 Å². The number of hydrogen-bond donors (Lipinski definition) is 1. The smallest absolute Gasteiger partial charge is 0.293 e. The second kappa shape index (κ2) is 9.23. The number of nitrogens with one attached hydrogen (secondary N) is 1. The lowest BCUT2D eigenvalue weighted by Crippen LogP contribution is -2.12. The van der Waals surface area contributed by atoms with Gasteiger partial charge < -0.3 is 9.15 Å². The molecule has 2 aromatic heterocycles. The zero-order chi connectivity index (χ0) is 22.7. The van der Waals surface area contributed by atoms with Crippen LogP contribution in [0.3, 0.4) is 0 Å². The minimum atomic E-state index is -0.486. The molecule has 0 aliphatic rings. The lowest BCUT2D eigenvalue weighted by molar-refractivity contribution is 0.0991. The average Bonchev–Trinajstić information content (AvgIpc) is 3.40. The molecule has 0 fully saturated rings. The first-order valence-electron chi connectivity index (χ1n) is 9.81. The van der Waals surface area contributed by atoms with E-state index in [0.29, 0.717) is 11.3 Å². The number of aryl methyl sites for hydroxylation is 2. The average molecular weight is 455 g/mol. The summed E-state index contributed by atoms with van der Waals surface area (Å²) in [6.07, 6.45) is 1.44. The Labute approximate surface area is 188 Å². The number of hydrogen-bond acceptors (Lipinski definition) is 5. The summed E-state index contributed by atoms with van der Waals surface area (Å²) in [5, 5.41) is 7.06. The molecule has 9 heteroatoms. The number of rotatable bonds is 7. The van der Waals surface area contributed by atoms with Crippen molar-refractivity contribution in [2.24, 2.45) is 0 Å². The first-order valence-corrected chi connectivity index (χ1v) is 10.2. The van der Waals surface area contributed by atoms with Gasteiger partial charge in [-0.15, -0.1) is 5.10 Å². The van der Waals surface area contributed by atoms with Gasteiger partial charge in [0.05, 0.1) is 6.54 Å². The Morgan fingerprint density at radius 2 is 2.00 bits per heavy atom. The molecule has 0 unspecified atom stereocenters. The summed E-state index contributed by atoms with van der Waals surface area (Å²) in [5.41, 5.74) is 3.00. The Bertz CT molecular complexity index is 1270. The number of anilines is 1. The molecule has 7 nitrogen and oxygen atoms in total. The van der Waals surface area contributed by atoms with E-state index in [0.717, 1.165) is 11.3 Å². The standard InChI is InChI=1S/C23H20ClFN4O3/c1-14-3-6-18(9-15(14)2)31-12-19-7-8-21(32-19)22(30)27-23-26-13-29(28-23)11-16-4-5-17(25)10-20(16)24/h3-10,13H,11-12H2,1-2H3,(H,27,28,30). The molecule has 0 aliphatic heterocycles. The van der Waals surface area contributed by atoms with Gasteiger partial charge in [-0.3, -0.25) is 10.1 Å². The van der Waals surface area contributed by atoms with E-state index in [9.17, 15) is 9.18 Å². The molecule has 0 radical (unpaired) electrons. The van der Waals surface area contributed by atoms with Crippen LogP contribution in [0.2, 0.25) is 5.02 Å². The topological polar surface area (TPSA) is 82.2 Å². The Kier molecular flexibility index (Phi) is 6.23. The van der Waals surface area contributed by atoms with Crippen LogP contribution in [0, 0.1) is 19.7 Å². The van der Waals surface area contributed by atoms with Crippen molar-refractivity contribution in [1.82, 2.24) is 14.8 Å². The van der Waals surface area contributed by atoms with Crippen LogP contribution >= 0.6 is 11.6 Å². The molecule has 32 heavy (non-hydrogen) atoms. The van der Waals surface area contributed by atoms with Crippen molar-refractivity contribution in [1.29, 1.82) is 0 Å². The highest BCUT2D eigenvalue weighted by Crippen LogP contribution is 2.20. The number of carbonyl (C=O) groups is 1. The molecule has 2 heterocycles. The third-order valence-corrected chi connectivity index (χ3v) is 5.21. The summed E-state index contributed by atoms with van der Waals surface area (Å²) in [5.74, 6) is 0.561. The lowest BCUT2D eigenvalue weighted by Gasteiger charge is -2.06. The predicted octanol–water partition coefficient (Wildman–Crippen LogP) is 5.16. The van der Waals surface area contributed by atoms with Gasteiger partial charge in [-0.25, -0.2) is 14.1 Å². The van der Waals surface area contributed by atoms with E-state index < -0.39 is 11.7 Å². The molecule has 4 rings (SSSR count). The highest BCUT2D eigenvalue weighted by molar-refractivity contribution is 6.31. The van der Waals surface area contributed by atoms with Gasteiger partial charge >= 0.3 is 0 Å². The van der Waals surface area contributed by atoms with Gasteiger partial charge in [-0.1, -0.05) is 23.7 Å². The minimum absolute atomic E-state index is 0.109. The quantitative estimate of drug-likeness (QED) is 0.417. The number of ether oxygens (including phenoxy) is 1. The van der Waals surface area contributed by atoms with Crippen molar-refractivity contribution in [3.63, 3.8) is 0 Å². The van der Waals surface area contributed by atoms with Crippen LogP contribution in [-0.4, -0.2) is 20.7 Å². The van der Waals surface area contributed by atoms with Crippen LogP contribution in [0.4, 0.5) is 10.3 Å². The lowest BCUT2D eigenvalue weighted by atomic mass is 10.1. The number of halogens is 2. The molecule has 164 valence electrons. The van der Waals surface area contributed by atoms with Crippen LogP contribution in [0.1, 0.15) is 33.0 Å². The summed E-state index contributed by atoms with van der Waals surface area (Å²) in [7, 11) is 0. The fourth-order valence-corrected chi connectivity index (χ4v) is 3.18. The molecular weight excluding hydrogens is 435 g/mol. The molecule has 1 amide bonds. The molecule has 0 aliphatic carbocycles. The number of aromatic nitrogens is 3. The maximum atomic E-state index is 13.2. The molecule has 0 saturated carbocycles. The third-order valence-electron chi connectivity index (χ3n) is 4.85. The zero-order valence-corrected chi connectivity index (χ0v) is 18.2. The Morgan fingerprint density at radius 1 is 1.16 bits per heavy atom. The van der Waals surface area contributed by atoms with Crippen molar-refractivity contribution in [2.75, 3.05) is 5.32 Å². The minimum Gasteiger partial charge on any atom is -0.486 e. The van der Waals surface area contributed by atoms with E-state index in [-0.39, 0.29) is 29.9 Å². The molecule has 0 spiro atoms. The van der Waals surface area contributed by atoms with E-state index in [1.54, 1.807) is 18.2 Å². The van der Waals surface area contributed by atoms with E-state index in [2.05, 4.69) is 15.4 Å². The van der Waals surface area contributed by atoms with Crippen molar-refractivity contribution < 1.29 is 18.3 Å². The molecule has 4 aromatic rings. The first kappa shape index (κ1) is 21.6. The molecule has 0 saturated heterocycles. The van der Waals surface area contributed by atoms with E-state index >= 15 is 0 Å². The Morgan fingerprint density at radius 3 is 2.78 bits per heavy atom. The summed E-state index contributed by atoms with van der Waals surface area (Å²) < 4.78 is 26.0. The highest BCUT2D eigenvalue weighted by Gasteiger charge is 2.14.